The van der Waals surface area contributed by atoms with Crippen molar-refractivity contribution in [2.75, 3.05) is 5.88 Å². The molecule has 114 valence electrons. The molecule has 0 bridgehead atoms. The van der Waals surface area contributed by atoms with E-state index in [1.807, 2.05) is 0 Å². The number of fused-ring (bicyclic) bond motifs is 1. The summed E-state index contributed by atoms with van der Waals surface area (Å²) in [5.41, 5.74) is -1.04. The number of hydrogen-bond acceptors (Lipinski definition) is 1. The first kappa shape index (κ1) is 14.6. The topological polar surface area (TPSA) is 17.8 Å². The molecule has 0 unspecified atom stereocenters. The highest BCUT2D eigenvalue weighted by Gasteiger charge is 2.65. The maximum atomic E-state index is 13.6. The van der Waals surface area contributed by atoms with E-state index in [0.717, 1.165) is 0 Å². The fourth-order valence-corrected chi connectivity index (χ4v) is 2.90. The van der Waals surface area contributed by atoms with Gasteiger partial charge >= 0.3 is 6.18 Å². The normalized spacial score (nSPS) is 17.4. The third-order valence-corrected chi connectivity index (χ3v) is 4.19. The van der Waals surface area contributed by atoms with Crippen LogP contribution in [0, 0.1) is 12.7 Å². The maximum Gasteiger partial charge on any atom is 0.412 e. The molecular weight excluding hydrogens is 308 g/mol. The molecule has 0 amide bonds. The number of aromatic nitrogens is 2. The largest absolute Gasteiger partial charge is 0.412 e. The second kappa shape index (κ2) is 4.60. The Kier molecular flexibility index (Phi) is 3.20. The number of aryl methyl sites for hydroxylation is 2. The van der Waals surface area contributed by atoms with E-state index in [0.29, 0.717) is 11.1 Å². The van der Waals surface area contributed by atoms with Crippen molar-refractivity contribution in [3.8, 4) is 0 Å². The van der Waals surface area contributed by atoms with E-state index in [4.69, 9.17) is 11.6 Å². The van der Waals surface area contributed by atoms with E-state index in [9.17, 15) is 17.6 Å². The van der Waals surface area contributed by atoms with Gasteiger partial charge < -0.3 is 4.57 Å². The molecule has 0 aliphatic heterocycles. The Hall–Kier alpha value is -1.30. The van der Waals surface area contributed by atoms with Crippen LogP contribution in [0.15, 0.2) is 12.1 Å². The molecule has 3 rings (SSSR count). The van der Waals surface area contributed by atoms with E-state index in [2.05, 4.69) is 4.98 Å². The molecule has 1 aromatic heterocycles. The quantitative estimate of drug-likeness (QED) is 0.608. The van der Waals surface area contributed by atoms with Crippen LogP contribution in [0.4, 0.5) is 17.6 Å². The minimum absolute atomic E-state index is 0.0215. The maximum absolute atomic E-state index is 13.6. The van der Waals surface area contributed by atoms with Gasteiger partial charge in [0.2, 0.25) is 0 Å². The molecule has 0 spiro atoms. The van der Waals surface area contributed by atoms with Gasteiger partial charge in [0.1, 0.15) is 17.2 Å². The third-order valence-electron chi connectivity index (χ3n) is 4.00. The van der Waals surface area contributed by atoms with Gasteiger partial charge in [0, 0.05) is 18.4 Å². The van der Waals surface area contributed by atoms with Crippen LogP contribution >= 0.6 is 11.6 Å². The standard InChI is InChI=1S/C14H13ClF4N2/c1-8-6-11-10(7-9(8)16)20-12(2-5-15)21(11)13(3-4-13)14(17,18)19/h6-7H,2-5H2,1H3. The lowest BCUT2D eigenvalue weighted by Crippen LogP contribution is -2.36. The minimum Gasteiger partial charge on any atom is -0.312 e. The van der Waals surface area contributed by atoms with Gasteiger partial charge in [0.25, 0.3) is 0 Å². The van der Waals surface area contributed by atoms with Crippen LogP contribution < -0.4 is 0 Å². The number of alkyl halides is 4. The molecule has 7 heteroatoms. The van der Waals surface area contributed by atoms with Gasteiger partial charge in [-0.3, -0.25) is 0 Å². The van der Waals surface area contributed by atoms with E-state index in [1.54, 1.807) is 0 Å². The zero-order valence-electron chi connectivity index (χ0n) is 11.3. The van der Waals surface area contributed by atoms with Gasteiger partial charge in [-0.1, -0.05) is 0 Å². The van der Waals surface area contributed by atoms with E-state index >= 15 is 0 Å². The fourth-order valence-electron chi connectivity index (χ4n) is 2.73. The van der Waals surface area contributed by atoms with Crippen molar-refractivity contribution in [3.63, 3.8) is 0 Å². The molecule has 21 heavy (non-hydrogen) atoms. The van der Waals surface area contributed by atoms with E-state index in [1.165, 1.54) is 23.6 Å². The molecule has 0 atom stereocenters. The average molecular weight is 321 g/mol. The molecule has 0 saturated heterocycles. The minimum atomic E-state index is -4.36. The van der Waals surface area contributed by atoms with Crippen LogP contribution in [0.5, 0.6) is 0 Å². The first-order valence-corrected chi connectivity index (χ1v) is 7.14. The molecule has 1 aliphatic carbocycles. The van der Waals surface area contributed by atoms with Crippen molar-refractivity contribution < 1.29 is 17.6 Å². The van der Waals surface area contributed by atoms with Gasteiger partial charge in [0.05, 0.1) is 11.0 Å². The number of halogens is 5. The molecule has 1 aromatic carbocycles. The van der Waals surface area contributed by atoms with Crippen molar-refractivity contribution in [3.05, 3.63) is 29.3 Å². The molecule has 1 aliphatic rings. The van der Waals surface area contributed by atoms with Gasteiger partial charge in [-0.05, 0) is 31.4 Å². The summed E-state index contributed by atoms with van der Waals surface area (Å²) < 4.78 is 55.1. The number of imidazole rings is 1. The van der Waals surface area contributed by atoms with Crippen molar-refractivity contribution in [2.24, 2.45) is 0 Å². The summed E-state index contributed by atoms with van der Waals surface area (Å²) in [6.07, 6.45) is -4.10. The Morgan fingerprint density at radius 1 is 1.33 bits per heavy atom. The Morgan fingerprint density at radius 3 is 2.52 bits per heavy atom. The van der Waals surface area contributed by atoms with E-state index in [-0.39, 0.29) is 36.5 Å². The number of nitrogens with zero attached hydrogens (tertiary/aromatic N) is 2. The Labute approximate surface area is 123 Å². The van der Waals surface area contributed by atoms with Crippen molar-refractivity contribution in [1.29, 1.82) is 0 Å². The smallest absolute Gasteiger partial charge is 0.312 e. The highest BCUT2D eigenvalue weighted by atomic mass is 35.5. The summed E-state index contributed by atoms with van der Waals surface area (Å²) in [7, 11) is 0. The second-order valence-electron chi connectivity index (χ2n) is 5.42. The number of hydrogen-bond donors (Lipinski definition) is 0. The SMILES string of the molecule is Cc1cc2c(cc1F)nc(CCCl)n2C1(C(F)(F)F)CC1. The zero-order valence-corrected chi connectivity index (χ0v) is 12.0. The summed E-state index contributed by atoms with van der Waals surface area (Å²) in [4.78, 5) is 4.16. The van der Waals surface area contributed by atoms with Crippen molar-refractivity contribution in [2.45, 2.75) is 37.9 Å². The predicted molar refractivity (Wildman–Crippen MR) is 72.1 cm³/mol. The van der Waals surface area contributed by atoms with Gasteiger partial charge in [-0.2, -0.15) is 13.2 Å². The number of benzene rings is 1. The van der Waals surface area contributed by atoms with Crippen LogP contribution in [0.1, 0.15) is 24.2 Å². The lowest BCUT2D eigenvalue weighted by Gasteiger charge is -2.24. The van der Waals surface area contributed by atoms with E-state index < -0.39 is 17.5 Å². The predicted octanol–water partition coefficient (Wildman–Crippen LogP) is 4.32. The lowest BCUT2D eigenvalue weighted by atomic mass is 10.1. The van der Waals surface area contributed by atoms with Crippen LogP contribution in [-0.2, 0) is 12.0 Å². The van der Waals surface area contributed by atoms with Crippen molar-refractivity contribution >= 4 is 22.6 Å². The zero-order chi connectivity index (χ0) is 15.4. The molecule has 1 heterocycles. The molecule has 1 saturated carbocycles. The second-order valence-corrected chi connectivity index (χ2v) is 5.80. The summed E-state index contributed by atoms with van der Waals surface area (Å²) in [6, 6.07) is 2.62. The fraction of sp³-hybridized carbons (Fsp3) is 0.500. The summed E-state index contributed by atoms with van der Waals surface area (Å²) in [5, 5.41) is 0. The lowest BCUT2D eigenvalue weighted by molar-refractivity contribution is -0.179. The molecule has 2 nitrogen and oxygen atoms in total. The molecule has 1 fully saturated rings. The summed E-state index contributed by atoms with van der Waals surface area (Å²) >= 11 is 5.67. The first-order valence-electron chi connectivity index (χ1n) is 6.61. The van der Waals surface area contributed by atoms with Crippen molar-refractivity contribution in [1.82, 2.24) is 9.55 Å². The van der Waals surface area contributed by atoms with Gasteiger partial charge in [-0.25, -0.2) is 9.37 Å². The molecule has 0 radical (unpaired) electrons. The van der Waals surface area contributed by atoms with Gasteiger partial charge in [-0.15, -0.1) is 11.6 Å². The third kappa shape index (κ3) is 2.11. The monoisotopic (exact) mass is 320 g/mol. The molecule has 2 aromatic rings. The molecule has 0 N–H and O–H groups in total. The Balaban J connectivity index is 2.29. The average Bonchev–Trinajstić information content (AvgIpc) is 3.11. The summed E-state index contributed by atoms with van der Waals surface area (Å²) in [5.74, 6) is -0.0418. The Morgan fingerprint density at radius 2 is 2.00 bits per heavy atom. The van der Waals surface area contributed by atoms with Crippen LogP contribution in [0.2, 0.25) is 0 Å². The highest BCUT2D eigenvalue weighted by Crippen LogP contribution is 2.57. The number of rotatable bonds is 3. The van der Waals surface area contributed by atoms with Crippen LogP contribution in [-0.4, -0.2) is 21.6 Å². The Bertz CT molecular complexity index is 701. The van der Waals surface area contributed by atoms with Gasteiger partial charge in [0.15, 0.2) is 0 Å². The van der Waals surface area contributed by atoms with Crippen LogP contribution in [0.3, 0.4) is 0 Å². The first-order chi connectivity index (χ1) is 9.80. The highest BCUT2D eigenvalue weighted by molar-refractivity contribution is 6.17. The van der Waals surface area contributed by atoms with Crippen LogP contribution in [0.25, 0.3) is 11.0 Å². The summed E-state index contributed by atoms with van der Waals surface area (Å²) in [6.45, 7) is 1.53. The molecular formula is C14H13ClF4N2.